The molecule has 6 nitrogen and oxygen atoms in total. The van der Waals surface area contributed by atoms with Gasteiger partial charge in [-0.25, -0.2) is 9.78 Å². The van der Waals surface area contributed by atoms with Gasteiger partial charge < -0.3 is 19.5 Å². The molecule has 25 heavy (non-hydrogen) atoms. The fourth-order valence-electron chi connectivity index (χ4n) is 3.26. The summed E-state index contributed by atoms with van der Waals surface area (Å²) in [5.41, 5.74) is 2.70. The highest BCUT2D eigenvalue weighted by Crippen LogP contribution is 2.26. The quantitative estimate of drug-likeness (QED) is 0.928. The lowest BCUT2D eigenvalue weighted by Gasteiger charge is -2.42. The summed E-state index contributed by atoms with van der Waals surface area (Å²) < 4.78 is 5.40. The van der Waals surface area contributed by atoms with Gasteiger partial charge in [0.25, 0.3) is 0 Å². The minimum Gasteiger partial charge on any atom is -0.445 e. The standard InChI is InChI=1S/C19H26N4O2/c1-13(2)17-12-22(4)8-9-23(17)19(24)21-15-6-5-14(3)16(11-15)18-20-7-10-25-18/h5-7,10-11,13,17H,8-9,12H2,1-4H3,(H,21,24)/t17-/m1/s1. The van der Waals surface area contributed by atoms with E-state index < -0.39 is 0 Å². The molecule has 0 unspecified atom stereocenters. The van der Waals surface area contributed by atoms with Crippen LogP contribution in [0, 0.1) is 12.8 Å². The largest absolute Gasteiger partial charge is 0.445 e. The maximum absolute atomic E-state index is 12.8. The Morgan fingerprint density at radius 3 is 2.84 bits per heavy atom. The van der Waals surface area contributed by atoms with Crippen molar-refractivity contribution >= 4 is 11.7 Å². The molecule has 6 heteroatoms. The third-order valence-electron chi connectivity index (χ3n) is 4.80. The van der Waals surface area contributed by atoms with E-state index in [1.54, 1.807) is 12.5 Å². The number of rotatable bonds is 3. The molecule has 0 saturated carbocycles. The Kier molecular flexibility index (Phi) is 5.08. The molecule has 0 bridgehead atoms. The van der Waals surface area contributed by atoms with Crippen molar-refractivity contribution in [3.05, 3.63) is 36.2 Å². The van der Waals surface area contributed by atoms with Gasteiger partial charge in [-0.15, -0.1) is 0 Å². The second kappa shape index (κ2) is 7.27. The minimum absolute atomic E-state index is 0.0472. The number of nitrogens with one attached hydrogen (secondary N) is 1. The number of hydrogen-bond acceptors (Lipinski definition) is 4. The molecule has 1 aliphatic rings. The number of carbonyl (C=O) groups is 1. The van der Waals surface area contributed by atoms with Crippen LogP contribution in [0.2, 0.25) is 0 Å². The number of likely N-dealkylation sites (N-methyl/N-ethyl adjacent to an activating group) is 1. The van der Waals surface area contributed by atoms with Crippen molar-refractivity contribution in [1.82, 2.24) is 14.8 Å². The maximum Gasteiger partial charge on any atom is 0.322 e. The van der Waals surface area contributed by atoms with E-state index in [4.69, 9.17) is 4.42 Å². The Morgan fingerprint density at radius 2 is 2.16 bits per heavy atom. The van der Waals surface area contributed by atoms with Gasteiger partial charge in [0.2, 0.25) is 5.89 Å². The monoisotopic (exact) mass is 342 g/mol. The molecule has 0 aliphatic carbocycles. The van der Waals surface area contributed by atoms with Crippen molar-refractivity contribution in [3.63, 3.8) is 0 Å². The Labute approximate surface area is 148 Å². The molecule has 3 rings (SSSR count). The predicted octanol–water partition coefficient (Wildman–Crippen LogP) is 3.45. The minimum atomic E-state index is -0.0472. The van der Waals surface area contributed by atoms with Crippen LogP contribution >= 0.6 is 0 Å². The fourth-order valence-corrected chi connectivity index (χ4v) is 3.26. The first-order valence-corrected chi connectivity index (χ1v) is 8.72. The van der Waals surface area contributed by atoms with Crippen LogP contribution in [-0.2, 0) is 0 Å². The van der Waals surface area contributed by atoms with Gasteiger partial charge in [0.1, 0.15) is 6.26 Å². The summed E-state index contributed by atoms with van der Waals surface area (Å²) in [6.45, 7) is 8.87. The lowest BCUT2D eigenvalue weighted by Crippen LogP contribution is -2.57. The molecule has 2 amide bonds. The molecule has 0 spiro atoms. The Hall–Kier alpha value is -2.34. The Bertz CT molecular complexity index is 727. The van der Waals surface area contributed by atoms with E-state index in [1.807, 2.05) is 30.0 Å². The first-order chi connectivity index (χ1) is 12.0. The molecule has 1 fully saturated rings. The molecule has 2 heterocycles. The van der Waals surface area contributed by atoms with Gasteiger partial charge in [-0.1, -0.05) is 19.9 Å². The van der Waals surface area contributed by atoms with Crippen molar-refractivity contribution in [3.8, 4) is 11.5 Å². The van der Waals surface area contributed by atoms with Crippen LogP contribution < -0.4 is 5.32 Å². The highest BCUT2D eigenvalue weighted by Gasteiger charge is 2.31. The van der Waals surface area contributed by atoms with Gasteiger partial charge in [-0.3, -0.25) is 0 Å². The first kappa shape index (κ1) is 17.5. The maximum atomic E-state index is 12.8. The molecule has 1 aliphatic heterocycles. The van der Waals surface area contributed by atoms with Crippen LogP contribution in [0.4, 0.5) is 10.5 Å². The van der Waals surface area contributed by atoms with Gasteiger partial charge in [0, 0.05) is 36.9 Å². The lowest BCUT2D eigenvalue weighted by molar-refractivity contribution is 0.0922. The molecule has 2 aromatic rings. The summed E-state index contributed by atoms with van der Waals surface area (Å²) in [5.74, 6) is 0.975. The SMILES string of the molecule is Cc1ccc(NC(=O)N2CCN(C)C[C@@H]2C(C)C)cc1-c1ncco1. The molecule has 1 saturated heterocycles. The zero-order chi connectivity index (χ0) is 18.0. The normalized spacial score (nSPS) is 18.6. The number of aryl methyl sites for hydroxylation is 1. The van der Waals surface area contributed by atoms with Crippen molar-refractivity contribution in [2.24, 2.45) is 5.92 Å². The van der Waals surface area contributed by atoms with Crippen LogP contribution in [0.25, 0.3) is 11.5 Å². The summed E-state index contributed by atoms with van der Waals surface area (Å²) in [6.07, 6.45) is 3.18. The molecule has 134 valence electrons. The third-order valence-corrected chi connectivity index (χ3v) is 4.80. The molecule has 1 atom stereocenters. The van der Waals surface area contributed by atoms with E-state index >= 15 is 0 Å². The highest BCUT2D eigenvalue weighted by atomic mass is 16.3. The number of anilines is 1. The van der Waals surface area contributed by atoms with E-state index in [0.29, 0.717) is 11.8 Å². The summed E-state index contributed by atoms with van der Waals surface area (Å²) in [7, 11) is 2.10. The Balaban J connectivity index is 1.78. The molecule has 0 radical (unpaired) electrons. The van der Waals surface area contributed by atoms with Gasteiger partial charge in [-0.2, -0.15) is 0 Å². The van der Waals surface area contributed by atoms with Gasteiger partial charge in [0.15, 0.2) is 0 Å². The van der Waals surface area contributed by atoms with Crippen LogP contribution in [0.5, 0.6) is 0 Å². The summed E-state index contributed by atoms with van der Waals surface area (Å²) >= 11 is 0. The topological polar surface area (TPSA) is 61.6 Å². The molecule has 1 aromatic carbocycles. The smallest absolute Gasteiger partial charge is 0.322 e. The number of carbonyl (C=O) groups excluding carboxylic acids is 1. The van der Waals surface area contributed by atoms with Crippen LogP contribution in [0.15, 0.2) is 35.1 Å². The van der Waals surface area contributed by atoms with E-state index in [0.717, 1.165) is 36.4 Å². The van der Waals surface area contributed by atoms with Crippen molar-refractivity contribution < 1.29 is 9.21 Å². The summed E-state index contributed by atoms with van der Waals surface area (Å²) in [4.78, 5) is 21.3. The van der Waals surface area contributed by atoms with E-state index in [2.05, 4.69) is 36.1 Å². The molecular weight excluding hydrogens is 316 g/mol. The number of urea groups is 1. The van der Waals surface area contributed by atoms with Crippen LogP contribution in [-0.4, -0.2) is 53.5 Å². The highest BCUT2D eigenvalue weighted by molar-refractivity contribution is 5.90. The number of amides is 2. The summed E-state index contributed by atoms with van der Waals surface area (Å²) in [6, 6.07) is 5.98. The average molecular weight is 342 g/mol. The van der Waals surface area contributed by atoms with E-state index in [-0.39, 0.29) is 12.1 Å². The lowest BCUT2D eigenvalue weighted by atomic mass is 10.00. The number of oxazole rings is 1. The molecular formula is C19H26N4O2. The Morgan fingerprint density at radius 1 is 1.36 bits per heavy atom. The van der Waals surface area contributed by atoms with Gasteiger partial charge in [-0.05, 0) is 37.6 Å². The van der Waals surface area contributed by atoms with Gasteiger partial charge >= 0.3 is 6.03 Å². The summed E-state index contributed by atoms with van der Waals surface area (Å²) in [5, 5.41) is 3.04. The fraction of sp³-hybridized carbons (Fsp3) is 0.474. The number of benzene rings is 1. The van der Waals surface area contributed by atoms with Crippen molar-refractivity contribution in [2.75, 3.05) is 32.0 Å². The van der Waals surface area contributed by atoms with Gasteiger partial charge in [0.05, 0.1) is 6.20 Å². The first-order valence-electron chi connectivity index (χ1n) is 8.72. The average Bonchev–Trinajstić information content (AvgIpc) is 3.10. The molecule has 1 aromatic heterocycles. The zero-order valence-electron chi connectivity index (χ0n) is 15.3. The number of aromatic nitrogens is 1. The zero-order valence-corrected chi connectivity index (χ0v) is 15.3. The van der Waals surface area contributed by atoms with Crippen molar-refractivity contribution in [1.29, 1.82) is 0 Å². The second-order valence-corrected chi connectivity index (χ2v) is 7.06. The molecule has 1 N–H and O–H groups in total. The predicted molar refractivity (Wildman–Crippen MR) is 98.5 cm³/mol. The third kappa shape index (κ3) is 3.85. The van der Waals surface area contributed by atoms with E-state index in [1.165, 1.54) is 0 Å². The van der Waals surface area contributed by atoms with Crippen molar-refractivity contribution in [2.45, 2.75) is 26.8 Å². The number of hydrogen-bond donors (Lipinski definition) is 1. The number of piperazine rings is 1. The number of nitrogens with zero attached hydrogens (tertiary/aromatic N) is 3. The van der Waals surface area contributed by atoms with E-state index in [9.17, 15) is 4.79 Å². The van der Waals surface area contributed by atoms with Crippen LogP contribution in [0.3, 0.4) is 0 Å². The van der Waals surface area contributed by atoms with Crippen LogP contribution in [0.1, 0.15) is 19.4 Å². The second-order valence-electron chi connectivity index (χ2n) is 7.06.